The van der Waals surface area contributed by atoms with E-state index in [4.69, 9.17) is 5.73 Å². The maximum absolute atomic E-state index is 5.48. The van der Waals surface area contributed by atoms with Gasteiger partial charge in [0.1, 0.15) is 0 Å². The summed E-state index contributed by atoms with van der Waals surface area (Å²) < 4.78 is 0. The summed E-state index contributed by atoms with van der Waals surface area (Å²) in [6.45, 7) is 7.53. The molecule has 1 radical (unpaired) electrons. The van der Waals surface area contributed by atoms with Crippen LogP contribution in [0.25, 0.3) is 6.08 Å². The number of pyridine rings is 1. The fourth-order valence-corrected chi connectivity index (χ4v) is 0.547. The summed E-state index contributed by atoms with van der Waals surface area (Å²) in [4.78, 5) is 3.83. The summed E-state index contributed by atoms with van der Waals surface area (Å²) in [6.07, 6.45) is 4.25. The molecule has 63 valence electrons. The molecule has 0 saturated carbocycles. The van der Waals surface area contributed by atoms with Crippen LogP contribution in [0.4, 0.5) is 5.69 Å². The van der Waals surface area contributed by atoms with Gasteiger partial charge in [0.15, 0.2) is 0 Å². The molecule has 0 aromatic carbocycles. The van der Waals surface area contributed by atoms with Gasteiger partial charge in [-0.15, -0.1) is 12.6 Å². The monoisotopic (exact) mass is 238 g/mol. The molecule has 0 fully saturated rings. The summed E-state index contributed by atoms with van der Waals surface area (Å²) in [5.41, 5.74) is 6.81. The number of nitrogens with zero attached hydrogens (tertiary/aromatic N) is 1. The molecule has 1 rings (SSSR count). The second-order valence-corrected chi connectivity index (χ2v) is 1.62. The van der Waals surface area contributed by atoms with Gasteiger partial charge in [-0.2, -0.15) is 6.07 Å². The Morgan fingerprint density at radius 1 is 1.58 bits per heavy atom. The van der Waals surface area contributed by atoms with Crippen molar-refractivity contribution in [2.45, 2.75) is 13.8 Å². The van der Waals surface area contributed by atoms with Crippen molar-refractivity contribution in [1.29, 1.82) is 0 Å². The van der Waals surface area contributed by atoms with Crippen molar-refractivity contribution < 1.29 is 32.7 Å². The smallest absolute Gasteiger partial charge is 0 e. The van der Waals surface area contributed by atoms with E-state index in [0.717, 1.165) is 0 Å². The molecule has 0 amide bonds. The summed E-state index contributed by atoms with van der Waals surface area (Å²) in [7, 11) is 0. The molecule has 0 atom stereocenters. The van der Waals surface area contributed by atoms with Gasteiger partial charge in [-0.05, 0) is 5.69 Å². The first-order valence-electron chi connectivity index (χ1n) is 3.59. The van der Waals surface area contributed by atoms with Gasteiger partial charge in [-0.3, -0.25) is 0 Å². The predicted molar refractivity (Wildman–Crippen MR) is 48.9 cm³/mol. The van der Waals surface area contributed by atoms with Gasteiger partial charge in [0.25, 0.3) is 0 Å². The fraction of sp³-hybridized carbons (Fsp3) is 0.222. The molecule has 0 saturated heterocycles. The molecule has 12 heavy (non-hydrogen) atoms. The predicted octanol–water partition coefficient (Wildman–Crippen LogP) is 2.13. The minimum atomic E-state index is 0. The second kappa shape index (κ2) is 8.89. The third-order valence-corrected chi connectivity index (χ3v) is 1.01. The number of hydrogen-bond acceptors (Lipinski definition) is 2. The Balaban J connectivity index is 0. The molecule has 0 bridgehead atoms. The molecule has 1 heterocycles. The Labute approximate surface area is 99.2 Å². The van der Waals surface area contributed by atoms with Crippen LogP contribution in [-0.4, -0.2) is 4.98 Å². The van der Waals surface area contributed by atoms with Crippen molar-refractivity contribution >= 4 is 11.8 Å². The van der Waals surface area contributed by atoms with Crippen LogP contribution in [0.3, 0.4) is 0 Å². The molecular formula is C9H13N2Y-. The Morgan fingerprint density at radius 2 is 2.17 bits per heavy atom. The topological polar surface area (TPSA) is 38.9 Å². The molecule has 0 aliphatic heterocycles. The fourth-order valence-electron chi connectivity index (χ4n) is 0.547. The molecule has 0 spiro atoms. The van der Waals surface area contributed by atoms with Crippen molar-refractivity contribution in [2.75, 3.05) is 5.73 Å². The Hall–Kier alpha value is -0.206. The number of aromatic nitrogens is 1. The first-order chi connectivity index (χ1) is 5.34. The van der Waals surface area contributed by atoms with E-state index in [-0.39, 0.29) is 32.7 Å². The van der Waals surface area contributed by atoms with E-state index in [9.17, 15) is 0 Å². The molecule has 2 nitrogen and oxygen atoms in total. The Kier molecular flexibility index (Phi) is 10.6. The van der Waals surface area contributed by atoms with Crippen molar-refractivity contribution in [1.82, 2.24) is 4.98 Å². The molecular weight excluding hydrogens is 225 g/mol. The molecule has 0 aliphatic rings. The van der Waals surface area contributed by atoms with E-state index in [1.54, 1.807) is 18.2 Å². The summed E-state index contributed by atoms with van der Waals surface area (Å²) in [5.74, 6) is 0. The van der Waals surface area contributed by atoms with Gasteiger partial charge in [-0.25, -0.2) is 0 Å². The molecule has 1 aromatic heterocycles. The van der Waals surface area contributed by atoms with Gasteiger partial charge in [0.05, 0.1) is 0 Å². The second-order valence-electron chi connectivity index (χ2n) is 1.62. The van der Waals surface area contributed by atoms with Crippen LogP contribution in [-0.2, 0) is 32.7 Å². The maximum Gasteiger partial charge on any atom is 0 e. The summed E-state index contributed by atoms with van der Waals surface area (Å²) in [6, 6.07) is 3.41. The van der Waals surface area contributed by atoms with Gasteiger partial charge in [0.2, 0.25) is 0 Å². The van der Waals surface area contributed by atoms with Crippen LogP contribution >= 0.6 is 0 Å². The Morgan fingerprint density at radius 3 is 2.50 bits per heavy atom. The molecule has 0 unspecified atom stereocenters. The van der Waals surface area contributed by atoms with E-state index in [0.29, 0.717) is 11.4 Å². The van der Waals surface area contributed by atoms with Crippen molar-refractivity contribution in [3.63, 3.8) is 0 Å². The van der Waals surface area contributed by atoms with Crippen LogP contribution in [0.2, 0.25) is 0 Å². The van der Waals surface area contributed by atoms with E-state index >= 15 is 0 Å². The minimum Gasteiger partial charge on any atom is -0.417 e. The zero-order valence-electron chi connectivity index (χ0n) is 7.54. The molecule has 2 N–H and O–H groups in total. The van der Waals surface area contributed by atoms with E-state index < -0.39 is 0 Å². The van der Waals surface area contributed by atoms with Crippen LogP contribution in [0, 0.1) is 6.20 Å². The number of nitrogens with two attached hydrogens (primary N) is 1. The van der Waals surface area contributed by atoms with E-state index in [1.165, 1.54) is 0 Å². The average Bonchev–Trinajstić information content (AvgIpc) is 2.09. The average molecular weight is 238 g/mol. The quantitative estimate of drug-likeness (QED) is 0.761. The normalized spacial score (nSPS) is 7.17. The number of nitrogen functional groups attached to an aromatic ring is 1. The minimum absolute atomic E-state index is 0. The van der Waals surface area contributed by atoms with Crippen molar-refractivity contribution in [2.24, 2.45) is 0 Å². The number of rotatable bonds is 1. The standard InChI is InChI=1S/C7H7N2.C2H6.Y/c1-2-7-6(8)4-3-5-9-7;1-2;/h2-4H,1,8H2;1-2H3;/q-1;;. The van der Waals surface area contributed by atoms with E-state index in [2.05, 4.69) is 17.8 Å². The Bertz CT molecular complexity index is 224. The number of hydrogen-bond donors (Lipinski definition) is 1. The van der Waals surface area contributed by atoms with Gasteiger partial charge in [-0.1, -0.05) is 31.8 Å². The van der Waals surface area contributed by atoms with Gasteiger partial charge >= 0.3 is 0 Å². The largest absolute Gasteiger partial charge is 0.417 e. The van der Waals surface area contributed by atoms with Crippen LogP contribution in [0.1, 0.15) is 19.5 Å². The summed E-state index contributed by atoms with van der Waals surface area (Å²) in [5, 5.41) is 0. The zero-order valence-corrected chi connectivity index (χ0v) is 10.4. The maximum atomic E-state index is 5.48. The first-order valence-corrected chi connectivity index (χ1v) is 3.59. The number of anilines is 1. The van der Waals surface area contributed by atoms with Crippen molar-refractivity contribution in [3.05, 3.63) is 30.6 Å². The third kappa shape index (κ3) is 4.63. The molecule has 0 aliphatic carbocycles. The molecule has 1 aromatic rings. The van der Waals surface area contributed by atoms with Crippen molar-refractivity contribution in [3.8, 4) is 0 Å². The van der Waals surface area contributed by atoms with Gasteiger partial charge in [0, 0.05) is 32.7 Å². The summed E-state index contributed by atoms with van der Waals surface area (Å²) >= 11 is 0. The SMILES string of the molecule is C=Cc1n[c-]ccc1N.CC.[Y]. The third-order valence-electron chi connectivity index (χ3n) is 1.01. The van der Waals surface area contributed by atoms with Crippen LogP contribution in [0.15, 0.2) is 18.7 Å². The van der Waals surface area contributed by atoms with Gasteiger partial charge < -0.3 is 10.7 Å². The van der Waals surface area contributed by atoms with E-state index in [1.807, 2.05) is 13.8 Å². The molecule has 3 heteroatoms. The van der Waals surface area contributed by atoms with Crippen LogP contribution in [0.5, 0.6) is 0 Å². The zero-order chi connectivity index (χ0) is 8.69. The van der Waals surface area contributed by atoms with Crippen LogP contribution < -0.4 is 5.73 Å². The first kappa shape index (κ1) is 14.3.